The number of hydrogen-bond acceptors (Lipinski definition) is 2. The molecule has 1 aliphatic carbocycles. The minimum Gasteiger partial charge on any atom is -0.390 e. The van der Waals surface area contributed by atoms with Crippen LogP contribution in [0, 0.1) is 5.92 Å². The van der Waals surface area contributed by atoms with E-state index >= 15 is 0 Å². The molecule has 2 nitrogen and oxygen atoms in total. The van der Waals surface area contributed by atoms with Gasteiger partial charge in [-0.15, -0.1) is 0 Å². The highest BCUT2D eigenvalue weighted by Crippen LogP contribution is 2.44. The summed E-state index contributed by atoms with van der Waals surface area (Å²) in [7, 11) is 0. The van der Waals surface area contributed by atoms with Crippen molar-refractivity contribution in [2.75, 3.05) is 0 Å². The first-order valence-electron chi connectivity index (χ1n) is 11.8. The summed E-state index contributed by atoms with van der Waals surface area (Å²) in [6.45, 7) is 2.22. The second kappa shape index (κ2) is 10.3. The Kier molecular flexibility index (Phi) is 7.21. The van der Waals surface area contributed by atoms with Crippen molar-refractivity contribution >= 4 is 0 Å². The third kappa shape index (κ3) is 4.61. The van der Waals surface area contributed by atoms with Crippen LogP contribution < -0.4 is 0 Å². The Labute approximate surface area is 186 Å². The van der Waals surface area contributed by atoms with Gasteiger partial charge in [0.25, 0.3) is 0 Å². The van der Waals surface area contributed by atoms with Gasteiger partial charge < -0.3 is 9.84 Å². The molecule has 0 amide bonds. The minimum atomic E-state index is -0.762. The Bertz CT molecular complexity index is 811. The fourth-order valence-corrected chi connectivity index (χ4v) is 5.09. The van der Waals surface area contributed by atoms with Gasteiger partial charge in [0, 0.05) is 0 Å². The molecule has 3 aromatic carbocycles. The summed E-state index contributed by atoms with van der Waals surface area (Å²) in [5, 5.41) is 11.3. The van der Waals surface area contributed by atoms with E-state index in [9.17, 15) is 5.11 Å². The van der Waals surface area contributed by atoms with Gasteiger partial charge in [-0.25, -0.2) is 0 Å². The molecule has 31 heavy (non-hydrogen) atoms. The van der Waals surface area contributed by atoms with Gasteiger partial charge in [-0.3, -0.25) is 0 Å². The van der Waals surface area contributed by atoms with Gasteiger partial charge in [-0.05, 0) is 41.9 Å². The summed E-state index contributed by atoms with van der Waals surface area (Å²) in [6.07, 6.45) is 5.85. The maximum atomic E-state index is 11.3. The van der Waals surface area contributed by atoms with E-state index in [1.54, 1.807) is 0 Å². The van der Waals surface area contributed by atoms with E-state index < -0.39 is 11.7 Å². The normalized spacial score (nSPS) is 21.7. The van der Waals surface area contributed by atoms with Gasteiger partial charge >= 0.3 is 0 Å². The van der Waals surface area contributed by atoms with E-state index in [0.717, 1.165) is 55.2 Å². The van der Waals surface area contributed by atoms with Crippen LogP contribution in [0.1, 0.15) is 62.1 Å². The molecule has 0 saturated heterocycles. The third-order valence-corrected chi connectivity index (χ3v) is 6.73. The van der Waals surface area contributed by atoms with Gasteiger partial charge in [0.15, 0.2) is 0 Å². The second-order valence-electron chi connectivity index (χ2n) is 8.76. The predicted octanol–water partition coefficient (Wildman–Crippen LogP) is 6.71. The van der Waals surface area contributed by atoms with Crippen molar-refractivity contribution in [1.82, 2.24) is 0 Å². The van der Waals surface area contributed by atoms with Crippen LogP contribution in [-0.4, -0.2) is 17.3 Å². The van der Waals surface area contributed by atoms with E-state index in [4.69, 9.17) is 4.74 Å². The molecule has 0 aliphatic heterocycles. The van der Waals surface area contributed by atoms with E-state index in [0.29, 0.717) is 5.92 Å². The van der Waals surface area contributed by atoms with Crippen molar-refractivity contribution in [2.24, 2.45) is 5.92 Å². The lowest BCUT2D eigenvalue weighted by Crippen LogP contribution is -2.46. The van der Waals surface area contributed by atoms with Crippen LogP contribution in [0.4, 0.5) is 0 Å². The standard InChI is InChI=1S/C29H34O2/c1-2-3-14-23-15-13-22-27(28(23)30)31-29(24-16-7-4-8-17-24,25-18-9-5-10-19-25)26-20-11-6-12-21-26/h4-12,16-21,23,27-28,30H,2-3,13-15,22H2,1H3/t23-,27+,28+/m0/s1. The second-order valence-corrected chi connectivity index (χ2v) is 8.76. The largest absolute Gasteiger partial charge is 0.390 e. The Morgan fingerprint density at radius 2 is 1.26 bits per heavy atom. The molecule has 4 rings (SSSR count). The highest BCUT2D eigenvalue weighted by molar-refractivity contribution is 5.47. The average molecular weight is 415 g/mol. The van der Waals surface area contributed by atoms with Crippen LogP contribution >= 0.6 is 0 Å². The Hall–Kier alpha value is -2.42. The summed E-state index contributed by atoms with van der Waals surface area (Å²) < 4.78 is 7.11. The molecule has 0 aromatic heterocycles. The molecule has 1 fully saturated rings. The molecular formula is C29H34O2. The van der Waals surface area contributed by atoms with Crippen molar-refractivity contribution in [3.05, 3.63) is 108 Å². The number of rotatable bonds is 8. The summed E-state index contributed by atoms with van der Waals surface area (Å²) in [6, 6.07) is 31.4. The van der Waals surface area contributed by atoms with Crippen LogP contribution in [0.2, 0.25) is 0 Å². The zero-order valence-electron chi connectivity index (χ0n) is 18.5. The van der Waals surface area contributed by atoms with Crippen LogP contribution in [0.3, 0.4) is 0 Å². The van der Waals surface area contributed by atoms with Crippen molar-refractivity contribution < 1.29 is 9.84 Å². The topological polar surface area (TPSA) is 29.5 Å². The first-order valence-corrected chi connectivity index (χ1v) is 11.8. The maximum Gasteiger partial charge on any atom is 0.144 e. The molecule has 0 unspecified atom stereocenters. The lowest BCUT2D eigenvalue weighted by molar-refractivity contribution is -0.135. The molecule has 0 heterocycles. The fraction of sp³-hybridized carbons (Fsp3) is 0.379. The molecule has 0 spiro atoms. The Balaban J connectivity index is 1.81. The van der Waals surface area contributed by atoms with Crippen LogP contribution in [0.25, 0.3) is 0 Å². The van der Waals surface area contributed by atoms with Crippen LogP contribution in [0.5, 0.6) is 0 Å². The van der Waals surface area contributed by atoms with E-state index in [2.05, 4.69) is 79.7 Å². The average Bonchev–Trinajstić information content (AvgIpc) is 2.84. The van der Waals surface area contributed by atoms with Crippen molar-refractivity contribution in [3.8, 4) is 0 Å². The SMILES string of the molecule is CCCC[C@H]1CCC[C@@H](OC(c2ccccc2)(c2ccccc2)c2ccccc2)[C@@H]1O. The van der Waals surface area contributed by atoms with Crippen LogP contribution in [0.15, 0.2) is 91.0 Å². The van der Waals surface area contributed by atoms with Gasteiger partial charge in [0.1, 0.15) is 5.60 Å². The molecule has 3 aromatic rings. The predicted molar refractivity (Wildman–Crippen MR) is 127 cm³/mol. The van der Waals surface area contributed by atoms with E-state index in [1.807, 2.05) is 18.2 Å². The molecule has 0 radical (unpaired) electrons. The Morgan fingerprint density at radius 1 is 0.774 bits per heavy atom. The zero-order valence-corrected chi connectivity index (χ0v) is 18.5. The van der Waals surface area contributed by atoms with Gasteiger partial charge in [-0.2, -0.15) is 0 Å². The molecule has 0 bridgehead atoms. The highest BCUT2D eigenvalue weighted by atomic mass is 16.5. The highest BCUT2D eigenvalue weighted by Gasteiger charge is 2.43. The van der Waals surface area contributed by atoms with Crippen molar-refractivity contribution in [3.63, 3.8) is 0 Å². The molecule has 1 aliphatic rings. The number of aliphatic hydroxyl groups excluding tert-OH is 1. The van der Waals surface area contributed by atoms with Crippen molar-refractivity contribution in [1.29, 1.82) is 0 Å². The van der Waals surface area contributed by atoms with E-state index in [1.165, 1.54) is 0 Å². The first-order chi connectivity index (χ1) is 15.3. The number of benzene rings is 3. The summed E-state index contributed by atoms with van der Waals surface area (Å²) in [4.78, 5) is 0. The smallest absolute Gasteiger partial charge is 0.144 e. The molecule has 162 valence electrons. The van der Waals surface area contributed by atoms with Crippen LogP contribution in [-0.2, 0) is 10.3 Å². The Morgan fingerprint density at radius 3 is 1.71 bits per heavy atom. The van der Waals surface area contributed by atoms with Gasteiger partial charge in [0.05, 0.1) is 12.2 Å². The lowest BCUT2D eigenvalue weighted by atomic mass is 9.77. The van der Waals surface area contributed by atoms with Crippen molar-refractivity contribution in [2.45, 2.75) is 63.3 Å². The molecule has 2 heteroatoms. The fourth-order valence-electron chi connectivity index (χ4n) is 5.09. The lowest BCUT2D eigenvalue weighted by Gasteiger charge is -2.43. The summed E-state index contributed by atoms with van der Waals surface area (Å²) >= 11 is 0. The maximum absolute atomic E-state index is 11.3. The molecule has 1 N–H and O–H groups in total. The number of unbranched alkanes of at least 4 members (excludes halogenated alkanes) is 1. The first kappa shape index (κ1) is 21.8. The van der Waals surface area contributed by atoms with E-state index in [-0.39, 0.29) is 6.10 Å². The minimum absolute atomic E-state index is 0.198. The number of aliphatic hydroxyl groups is 1. The third-order valence-electron chi connectivity index (χ3n) is 6.73. The quantitative estimate of drug-likeness (QED) is 0.415. The van der Waals surface area contributed by atoms with Gasteiger partial charge in [0.2, 0.25) is 0 Å². The number of ether oxygens (including phenoxy) is 1. The van der Waals surface area contributed by atoms with Gasteiger partial charge in [-0.1, -0.05) is 117 Å². The zero-order chi connectivity index (χ0) is 21.5. The molecule has 1 saturated carbocycles. The molecular weight excluding hydrogens is 380 g/mol. The number of hydrogen-bond donors (Lipinski definition) is 1. The monoisotopic (exact) mass is 414 g/mol. The summed E-state index contributed by atoms with van der Waals surface area (Å²) in [5.74, 6) is 0.318. The summed E-state index contributed by atoms with van der Waals surface area (Å²) in [5.41, 5.74) is 2.52. The molecule has 3 atom stereocenters.